The molecule has 1 aromatic carbocycles. The van der Waals surface area contributed by atoms with Gasteiger partial charge in [0, 0.05) is 11.9 Å². The summed E-state index contributed by atoms with van der Waals surface area (Å²) in [7, 11) is 1.75. The molecule has 3 N–H and O–H groups in total. The van der Waals surface area contributed by atoms with Gasteiger partial charge in [-0.2, -0.15) is 0 Å². The summed E-state index contributed by atoms with van der Waals surface area (Å²) in [4.78, 5) is 25.8. The zero-order valence-electron chi connectivity index (χ0n) is 18.6. The van der Waals surface area contributed by atoms with Crippen molar-refractivity contribution in [3.05, 3.63) is 50.9 Å². The Balaban J connectivity index is 1.37. The van der Waals surface area contributed by atoms with Crippen LogP contribution in [-0.4, -0.2) is 32.3 Å². The first kappa shape index (κ1) is 24.5. The summed E-state index contributed by atoms with van der Waals surface area (Å²) in [6, 6.07) is 3.87. The highest BCUT2D eigenvalue weighted by molar-refractivity contribution is 7.99. The molecule has 1 aliphatic rings. The van der Waals surface area contributed by atoms with Gasteiger partial charge >= 0.3 is 0 Å². The van der Waals surface area contributed by atoms with E-state index in [4.69, 9.17) is 22.1 Å². The van der Waals surface area contributed by atoms with Crippen molar-refractivity contribution in [2.45, 2.75) is 37.9 Å². The molecule has 34 heavy (non-hydrogen) atoms. The SMILES string of the molecule is CC1CCc2c(sc(NC(=O)CSc3nnc(COc4ccc(F)cc4Cl)n3C)c2C(N)=O)C1. The fourth-order valence-corrected chi connectivity index (χ4v) is 6.11. The minimum atomic E-state index is -0.519. The summed E-state index contributed by atoms with van der Waals surface area (Å²) < 4.78 is 20.5. The quantitative estimate of drug-likeness (QED) is 0.428. The van der Waals surface area contributed by atoms with E-state index in [2.05, 4.69) is 22.4 Å². The number of carbonyl (C=O) groups is 2. The Labute approximate surface area is 209 Å². The smallest absolute Gasteiger partial charge is 0.251 e. The molecule has 3 aromatic rings. The molecule has 1 aliphatic carbocycles. The van der Waals surface area contributed by atoms with Gasteiger partial charge in [0.25, 0.3) is 5.91 Å². The maximum Gasteiger partial charge on any atom is 0.251 e. The highest BCUT2D eigenvalue weighted by atomic mass is 35.5. The number of halogens is 2. The summed E-state index contributed by atoms with van der Waals surface area (Å²) in [5, 5.41) is 12.2. The average Bonchev–Trinajstić information content (AvgIpc) is 3.30. The summed E-state index contributed by atoms with van der Waals surface area (Å²) in [6.45, 7) is 2.25. The number of nitrogens with two attached hydrogens (primary N) is 1. The van der Waals surface area contributed by atoms with E-state index in [1.165, 1.54) is 41.3 Å². The van der Waals surface area contributed by atoms with Crippen molar-refractivity contribution in [1.29, 1.82) is 0 Å². The first-order chi connectivity index (χ1) is 16.2. The lowest BCUT2D eigenvalue weighted by molar-refractivity contribution is -0.113. The van der Waals surface area contributed by atoms with Crippen LogP contribution in [0.3, 0.4) is 0 Å². The number of carbonyl (C=O) groups excluding carboxylic acids is 2. The molecule has 2 heterocycles. The number of amides is 2. The minimum Gasteiger partial charge on any atom is -0.484 e. The number of hydrogen-bond donors (Lipinski definition) is 2. The van der Waals surface area contributed by atoms with E-state index in [0.717, 1.165) is 29.7 Å². The summed E-state index contributed by atoms with van der Waals surface area (Å²) in [5.41, 5.74) is 7.02. The molecule has 1 unspecified atom stereocenters. The Hall–Kier alpha value is -2.63. The minimum absolute atomic E-state index is 0.0722. The van der Waals surface area contributed by atoms with Crippen molar-refractivity contribution in [2.24, 2.45) is 18.7 Å². The monoisotopic (exact) mass is 523 g/mol. The molecule has 4 rings (SSSR count). The molecule has 0 saturated heterocycles. The lowest BCUT2D eigenvalue weighted by atomic mass is 9.88. The van der Waals surface area contributed by atoms with Gasteiger partial charge in [-0.15, -0.1) is 21.5 Å². The van der Waals surface area contributed by atoms with E-state index in [-0.39, 0.29) is 23.3 Å². The third-order valence-electron chi connectivity index (χ3n) is 5.52. The molecule has 2 aromatic heterocycles. The van der Waals surface area contributed by atoms with Crippen LogP contribution in [-0.2, 0) is 31.3 Å². The van der Waals surface area contributed by atoms with Gasteiger partial charge in [0.2, 0.25) is 5.91 Å². The number of nitrogens with zero attached hydrogens (tertiary/aromatic N) is 3. The van der Waals surface area contributed by atoms with E-state index in [1.807, 2.05) is 0 Å². The van der Waals surface area contributed by atoms with Gasteiger partial charge in [0.1, 0.15) is 23.2 Å². The Bertz CT molecular complexity index is 1250. The van der Waals surface area contributed by atoms with E-state index >= 15 is 0 Å². The normalized spacial score (nSPS) is 15.1. The second-order valence-electron chi connectivity index (χ2n) is 8.08. The molecule has 1 atom stereocenters. The number of anilines is 1. The van der Waals surface area contributed by atoms with Crippen LogP contribution in [0.15, 0.2) is 23.4 Å². The maximum atomic E-state index is 13.2. The Morgan fingerprint density at radius 3 is 2.94 bits per heavy atom. The molecule has 0 saturated carbocycles. The lowest BCUT2D eigenvalue weighted by Crippen LogP contribution is -2.20. The molecular formula is C22H23ClFN5O3S2. The molecule has 0 aliphatic heterocycles. The standard InChI is InChI=1S/C22H23ClFN5O3S2/c1-11-3-5-13-16(7-11)34-21(19(13)20(25)31)26-18(30)10-33-22-28-27-17(29(22)2)9-32-15-6-4-12(24)8-14(15)23/h4,6,8,11H,3,5,7,9-10H2,1-2H3,(H2,25,31)(H,26,30). The first-order valence-electron chi connectivity index (χ1n) is 10.6. The van der Waals surface area contributed by atoms with Crippen LogP contribution in [0, 0.1) is 11.7 Å². The fraction of sp³-hybridized carbons (Fsp3) is 0.364. The van der Waals surface area contributed by atoms with Crippen molar-refractivity contribution < 1.29 is 18.7 Å². The molecular weight excluding hydrogens is 501 g/mol. The number of ether oxygens (including phenoxy) is 1. The first-order valence-corrected chi connectivity index (χ1v) is 12.7. The van der Waals surface area contributed by atoms with Gasteiger partial charge in [0.15, 0.2) is 11.0 Å². The number of rotatable bonds is 8. The number of fused-ring (bicyclic) bond motifs is 1. The zero-order valence-corrected chi connectivity index (χ0v) is 21.0. The molecule has 0 spiro atoms. The van der Waals surface area contributed by atoms with Gasteiger partial charge in [-0.3, -0.25) is 9.59 Å². The topological polar surface area (TPSA) is 112 Å². The van der Waals surface area contributed by atoms with Crippen LogP contribution in [0.4, 0.5) is 9.39 Å². The summed E-state index contributed by atoms with van der Waals surface area (Å²) in [6.07, 6.45) is 2.68. The van der Waals surface area contributed by atoms with Crippen LogP contribution in [0.25, 0.3) is 0 Å². The molecule has 0 radical (unpaired) electrons. The van der Waals surface area contributed by atoms with Gasteiger partial charge in [-0.1, -0.05) is 30.3 Å². The number of hydrogen-bond acceptors (Lipinski definition) is 7. The van der Waals surface area contributed by atoms with E-state index < -0.39 is 11.7 Å². The van der Waals surface area contributed by atoms with Crippen molar-refractivity contribution in [3.63, 3.8) is 0 Å². The Morgan fingerprint density at radius 1 is 1.41 bits per heavy atom. The molecule has 2 amide bonds. The van der Waals surface area contributed by atoms with E-state index in [9.17, 15) is 14.0 Å². The number of benzene rings is 1. The van der Waals surface area contributed by atoms with E-state index in [1.54, 1.807) is 11.6 Å². The second-order valence-corrected chi connectivity index (χ2v) is 10.5. The molecule has 0 bridgehead atoms. The number of thioether (sulfide) groups is 1. The predicted molar refractivity (Wildman–Crippen MR) is 130 cm³/mol. The van der Waals surface area contributed by atoms with Crippen LogP contribution >= 0.6 is 34.7 Å². The van der Waals surface area contributed by atoms with Crippen molar-refractivity contribution in [1.82, 2.24) is 14.8 Å². The average molecular weight is 524 g/mol. The summed E-state index contributed by atoms with van der Waals surface area (Å²) in [5.74, 6) is 0.227. The van der Waals surface area contributed by atoms with Crippen molar-refractivity contribution >= 4 is 51.5 Å². The number of nitrogens with one attached hydrogen (secondary N) is 1. The number of thiophene rings is 1. The van der Waals surface area contributed by atoms with Gasteiger partial charge in [-0.25, -0.2) is 4.39 Å². The molecule has 0 fully saturated rings. The zero-order chi connectivity index (χ0) is 24.4. The van der Waals surface area contributed by atoms with Gasteiger partial charge < -0.3 is 20.4 Å². The highest BCUT2D eigenvalue weighted by Gasteiger charge is 2.27. The van der Waals surface area contributed by atoms with Crippen molar-refractivity contribution in [3.8, 4) is 5.75 Å². The summed E-state index contributed by atoms with van der Waals surface area (Å²) >= 11 is 8.62. The molecule has 12 heteroatoms. The Morgan fingerprint density at radius 2 is 2.21 bits per heavy atom. The molecule has 180 valence electrons. The highest BCUT2D eigenvalue weighted by Crippen LogP contribution is 2.39. The van der Waals surface area contributed by atoms with E-state index in [0.29, 0.717) is 33.2 Å². The van der Waals surface area contributed by atoms with Crippen LogP contribution in [0.1, 0.15) is 40.0 Å². The number of primary amides is 1. The van der Waals surface area contributed by atoms with Crippen LogP contribution in [0.2, 0.25) is 5.02 Å². The Kier molecular flexibility index (Phi) is 7.44. The van der Waals surface area contributed by atoms with Crippen molar-refractivity contribution in [2.75, 3.05) is 11.1 Å². The number of aromatic nitrogens is 3. The third-order valence-corrected chi connectivity index (χ3v) is 8.00. The fourth-order valence-electron chi connectivity index (χ4n) is 3.72. The lowest BCUT2D eigenvalue weighted by Gasteiger charge is -2.18. The van der Waals surface area contributed by atoms with Crippen LogP contribution < -0.4 is 15.8 Å². The second kappa shape index (κ2) is 10.3. The predicted octanol–water partition coefficient (Wildman–Crippen LogP) is 4.20. The van der Waals surface area contributed by atoms with Gasteiger partial charge in [0.05, 0.1) is 16.3 Å². The van der Waals surface area contributed by atoms with Gasteiger partial charge in [-0.05, 0) is 48.9 Å². The molecule has 8 nitrogen and oxygen atoms in total. The largest absolute Gasteiger partial charge is 0.484 e. The van der Waals surface area contributed by atoms with Crippen LogP contribution in [0.5, 0.6) is 5.75 Å². The maximum absolute atomic E-state index is 13.2. The third kappa shape index (κ3) is 5.37.